The van der Waals surface area contributed by atoms with Crippen LogP contribution in [0.4, 0.5) is 0 Å². The number of hydrogen-bond acceptors (Lipinski definition) is 3. The summed E-state index contributed by atoms with van der Waals surface area (Å²) < 4.78 is 4.76. The molecule has 0 unspecified atom stereocenters. The van der Waals surface area contributed by atoms with Crippen LogP contribution in [0.15, 0.2) is 0 Å². The molecule has 1 rings (SSSR count). The van der Waals surface area contributed by atoms with Crippen LogP contribution in [-0.4, -0.2) is 31.2 Å². The Hall–Kier alpha value is -1.10. The Bertz CT molecular complexity index is 227. The van der Waals surface area contributed by atoms with E-state index < -0.39 is 12.3 Å². The smallest absolute Gasteiger partial charge is 0.270 e. The first-order chi connectivity index (χ1) is 6.06. The number of amides is 2. The van der Waals surface area contributed by atoms with E-state index in [9.17, 15) is 9.59 Å². The molecule has 0 aromatic rings. The Morgan fingerprint density at radius 3 is 2.31 bits per heavy atom. The maximum Gasteiger partial charge on any atom is 0.270 e. The normalized spacial score (nSPS) is 28.6. The molecule has 0 bridgehead atoms. The van der Waals surface area contributed by atoms with Gasteiger partial charge in [-0.2, -0.15) is 0 Å². The van der Waals surface area contributed by atoms with Crippen LogP contribution in [-0.2, 0) is 14.3 Å². The largest absolute Gasteiger partial charge is 0.353 e. The number of carbonyl (C=O) groups is 2. The molecule has 2 atom stereocenters. The van der Waals surface area contributed by atoms with Gasteiger partial charge in [-0.1, -0.05) is 13.8 Å². The van der Waals surface area contributed by atoms with E-state index in [0.29, 0.717) is 0 Å². The fourth-order valence-corrected chi connectivity index (χ4v) is 1.21. The second-order valence-corrected chi connectivity index (χ2v) is 3.35. The van der Waals surface area contributed by atoms with Gasteiger partial charge in [-0.25, -0.2) is 0 Å². The Kier molecular flexibility index (Phi) is 2.87. The molecule has 2 amide bonds. The topological polar surface area (TPSA) is 67.4 Å². The molecule has 5 nitrogen and oxygen atoms in total. The van der Waals surface area contributed by atoms with Gasteiger partial charge in [-0.3, -0.25) is 9.59 Å². The van der Waals surface area contributed by atoms with Crippen molar-refractivity contribution in [2.24, 2.45) is 5.92 Å². The number of hydrogen-bond donors (Lipinski definition) is 2. The molecular weight excluding hydrogens is 172 g/mol. The minimum Gasteiger partial charge on any atom is -0.353 e. The standard InChI is InChI=1S/C8H14N2O3/c1-4(2)5-6(11)10-8(13-3)7(12)9-5/h4-5,8H,1-3H3,(H,9,12)(H,10,11)/t5-,8+/m0/s1. The van der Waals surface area contributed by atoms with Gasteiger partial charge in [0.15, 0.2) is 0 Å². The van der Waals surface area contributed by atoms with E-state index in [4.69, 9.17) is 4.74 Å². The highest BCUT2D eigenvalue weighted by Gasteiger charge is 2.34. The molecule has 2 N–H and O–H groups in total. The molecular formula is C8H14N2O3. The predicted molar refractivity (Wildman–Crippen MR) is 45.7 cm³/mol. The Morgan fingerprint density at radius 2 is 1.85 bits per heavy atom. The minimum atomic E-state index is -0.845. The lowest BCUT2D eigenvalue weighted by Gasteiger charge is -2.30. The van der Waals surface area contributed by atoms with Crippen LogP contribution in [0.2, 0.25) is 0 Å². The van der Waals surface area contributed by atoms with Crippen LogP contribution in [0.3, 0.4) is 0 Å². The van der Waals surface area contributed by atoms with Crippen molar-refractivity contribution in [2.45, 2.75) is 26.1 Å². The highest BCUT2D eigenvalue weighted by Crippen LogP contribution is 2.06. The van der Waals surface area contributed by atoms with Gasteiger partial charge in [0.05, 0.1) is 0 Å². The van der Waals surface area contributed by atoms with Gasteiger partial charge in [0.1, 0.15) is 6.04 Å². The number of ether oxygens (including phenoxy) is 1. The number of nitrogens with one attached hydrogen (secondary N) is 2. The Labute approximate surface area is 76.8 Å². The van der Waals surface area contributed by atoms with Gasteiger partial charge in [-0.05, 0) is 5.92 Å². The van der Waals surface area contributed by atoms with E-state index in [-0.39, 0.29) is 17.7 Å². The zero-order valence-corrected chi connectivity index (χ0v) is 7.96. The predicted octanol–water partition coefficient (Wildman–Crippen LogP) is -0.771. The Balaban J connectivity index is 2.67. The van der Waals surface area contributed by atoms with Crippen molar-refractivity contribution in [1.82, 2.24) is 10.6 Å². The highest BCUT2D eigenvalue weighted by molar-refractivity contribution is 5.96. The Morgan fingerprint density at radius 1 is 1.23 bits per heavy atom. The quantitative estimate of drug-likeness (QED) is 0.595. The summed E-state index contributed by atoms with van der Waals surface area (Å²) in [7, 11) is 1.38. The first-order valence-corrected chi connectivity index (χ1v) is 4.19. The molecule has 0 spiro atoms. The maximum atomic E-state index is 11.3. The average molecular weight is 186 g/mol. The van der Waals surface area contributed by atoms with Crippen molar-refractivity contribution in [3.63, 3.8) is 0 Å². The van der Waals surface area contributed by atoms with Crippen LogP contribution in [0.25, 0.3) is 0 Å². The summed E-state index contributed by atoms with van der Waals surface area (Å²) >= 11 is 0. The lowest BCUT2D eigenvalue weighted by atomic mass is 10.0. The lowest BCUT2D eigenvalue weighted by Crippen LogP contribution is -2.63. The van der Waals surface area contributed by atoms with E-state index in [1.54, 1.807) is 0 Å². The summed E-state index contributed by atoms with van der Waals surface area (Å²) in [6, 6.07) is -0.445. The van der Waals surface area contributed by atoms with E-state index in [1.807, 2.05) is 13.8 Å². The van der Waals surface area contributed by atoms with Crippen LogP contribution < -0.4 is 10.6 Å². The van der Waals surface area contributed by atoms with Crippen LogP contribution in [0.1, 0.15) is 13.8 Å². The molecule has 1 aliphatic rings. The minimum absolute atomic E-state index is 0.0850. The van der Waals surface area contributed by atoms with Crippen molar-refractivity contribution < 1.29 is 14.3 Å². The molecule has 1 heterocycles. The molecule has 74 valence electrons. The fraction of sp³-hybridized carbons (Fsp3) is 0.750. The third kappa shape index (κ3) is 1.98. The van der Waals surface area contributed by atoms with Gasteiger partial charge in [0.2, 0.25) is 12.1 Å². The van der Waals surface area contributed by atoms with Gasteiger partial charge in [0, 0.05) is 7.11 Å². The molecule has 5 heteroatoms. The molecule has 0 aromatic carbocycles. The van der Waals surface area contributed by atoms with Gasteiger partial charge in [-0.15, -0.1) is 0 Å². The van der Waals surface area contributed by atoms with Gasteiger partial charge >= 0.3 is 0 Å². The van der Waals surface area contributed by atoms with Crippen molar-refractivity contribution in [3.8, 4) is 0 Å². The fourth-order valence-electron chi connectivity index (χ4n) is 1.21. The lowest BCUT2D eigenvalue weighted by molar-refractivity contribution is -0.147. The molecule has 0 aromatic heterocycles. The summed E-state index contributed by atoms with van der Waals surface area (Å²) in [6.07, 6.45) is -0.845. The first-order valence-electron chi connectivity index (χ1n) is 4.19. The van der Waals surface area contributed by atoms with Crippen LogP contribution in [0.5, 0.6) is 0 Å². The SMILES string of the molecule is CO[C@H]1NC(=O)[C@H](C(C)C)NC1=O. The van der Waals surface area contributed by atoms with Gasteiger partial charge < -0.3 is 15.4 Å². The van der Waals surface area contributed by atoms with Gasteiger partial charge in [0.25, 0.3) is 5.91 Å². The number of piperazine rings is 1. The van der Waals surface area contributed by atoms with E-state index in [2.05, 4.69) is 10.6 Å². The first kappa shape index (κ1) is 9.98. The molecule has 1 aliphatic heterocycles. The third-order valence-corrected chi connectivity index (χ3v) is 1.99. The summed E-state index contributed by atoms with van der Waals surface area (Å²) in [5.74, 6) is -0.399. The summed E-state index contributed by atoms with van der Waals surface area (Å²) in [6.45, 7) is 3.75. The summed E-state index contributed by atoms with van der Waals surface area (Å²) in [5.41, 5.74) is 0. The van der Waals surface area contributed by atoms with Crippen molar-refractivity contribution in [2.75, 3.05) is 7.11 Å². The zero-order chi connectivity index (χ0) is 10.0. The summed E-state index contributed by atoms with van der Waals surface area (Å²) in [4.78, 5) is 22.6. The van der Waals surface area contributed by atoms with E-state index >= 15 is 0 Å². The molecule has 1 fully saturated rings. The second-order valence-electron chi connectivity index (χ2n) is 3.35. The van der Waals surface area contributed by atoms with E-state index in [1.165, 1.54) is 7.11 Å². The second kappa shape index (κ2) is 3.74. The molecule has 0 saturated carbocycles. The molecule has 1 saturated heterocycles. The van der Waals surface area contributed by atoms with E-state index in [0.717, 1.165) is 0 Å². The van der Waals surface area contributed by atoms with Crippen molar-refractivity contribution in [3.05, 3.63) is 0 Å². The van der Waals surface area contributed by atoms with Crippen LogP contribution in [0, 0.1) is 5.92 Å². The van der Waals surface area contributed by atoms with Crippen molar-refractivity contribution >= 4 is 11.8 Å². The third-order valence-electron chi connectivity index (χ3n) is 1.99. The van der Waals surface area contributed by atoms with Crippen molar-refractivity contribution in [1.29, 1.82) is 0 Å². The number of methoxy groups -OCH3 is 1. The molecule has 13 heavy (non-hydrogen) atoms. The zero-order valence-electron chi connectivity index (χ0n) is 7.96. The van der Waals surface area contributed by atoms with Crippen LogP contribution >= 0.6 is 0 Å². The maximum absolute atomic E-state index is 11.3. The number of carbonyl (C=O) groups excluding carboxylic acids is 2. The monoisotopic (exact) mass is 186 g/mol. The molecule has 0 radical (unpaired) electrons. The molecule has 0 aliphatic carbocycles. The average Bonchev–Trinajstić information content (AvgIpc) is 2.07. The number of rotatable bonds is 2. The summed E-state index contributed by atoms with van der Waals surface area (Å²) in [5, 5.41) is 5.06. The highest BCUT2D eigenvalue weighted by atomic mass is 16.5.